The molecule has 4 nitrogen and oxygen atoms in total. The number of aryl methyl sites for hydroxylation is 1. The highest BCUT2D eigenvalue weighted by atomic mass is 35.5. The average Bonchev–Trinajstić information content (AvgIpc) is 2.46. The number of anilines is 1. The number of nitrogens with one attached hydrogen (secondary N) is 2. The number of nitrogen functional groups attached to an aromatic ring is 1. The minimum absolute atomic E-state index is 0.110. The van der Waals surface area contributed by atoms with Gasteiger partial charge in [-0.25, -0.2) is 0 Å². The van der Waals surface area contributed by atoms with Gasteiger partial charge in [0, 0.05) is 22.8 Å². The Morgan fingerprint density at radius 3 is 2.50 bits per heavy atom. The summed E-state index contributed by atoms with van der Waals surface area (Å²) in [6.07, 6.45) is 0. The summed E-state index contributed by atoms with van der Waals surface area (Å²) in [6, 6.07) is 12.7. The molecule has 0 aromatic heterocycles. The normalized spacial score (nSPS) is 10.2. The second-order valence-corrected chi connectivity index (χ2v) is 4.92. The highest BCUT2D eigenvalue weighted by Gasteiger charge is 2.09. The number of rotatable bonds is 4. The minimum Gasteiger partial charge on any atom is -0.348 e. The fraction of sp³-hybridized carbons (Fsp3) is 0.133. The van der Waals surface area contributed by atoms with Crippen molar-refractivity contribution in [3.63, 3.8) is 0 Å². The third kappa shape index (κ3) is 3.50. The molecule has 0 saturated carbocycles. The number of carbonyl (C=O) groups excluding carboxylic acids is 1. The molecule has 20 heavy (non-hydrogen) atoms. The highest BCUT2D eigenvalue weighted by Crippen LogP contribution is 2.14. The van der Waals surface area contributed by atoms with Gasteiger partial charge in [-0.05, 0) is 48.4 Å². The SMILES string of the molecule is Cc1cc(NN)ccc1C(=O)NCc1ccc(Cl)cc1. The number of nitrogens with two attached hydrogens (primary N) is 1. The van der Waals surface area contributed by atoms with Gasteiger partial charge in [-0.1, -0.05) is 23.7 Å². The van der Waals surface area contributed by atoms with Crippen LogP contribution < -0.4 is 16.6 Å². The Kier molecular flexibility index (Phi) is 4.61. The lowest BCUT2D eigenvalue weighted by Crippen LogP contribution is -2.23. The van der Waals surface area contributed by atoms with Gasteiger partial charge in [0.05, 0.1) is 0 Å². The Hall–Kier alpha value is -2.04. The molecule has 0 aliphatic heterocycles. The molecule has 2 aromatic rings. The summed E-state index contributed by atoms with van der Waals surface area (Å²) >= 11 is 5.82. The zero-order valence-corrected chi connectivity index (χ0v) is 11.9. The molecule has 0 heterocycles. The van der Waals surface area contributed by atoms with Gasteiger partial charge in [-0.15, -0.1) is 0 Å². The van der Waals surface area contributed by atoms with Crippen molar-refractivity contribution in [3.05, 3.63) is 64.2 Å². The van der Waals surface area contributed by atoms with Crippen molar-refractivity contribution in [2.75, 3.05) is 5.43 Å². The lowest BCUT2D eigenvalue weighted by molar-refractivity contribution is 0.0950. The van der Waals surface area contributed by atoms with E-state index in [2.05, 4.69) is 10.7 Å². The Labute approximate surface area is 122 Å². The van der Waals surface area contributed by atoms with Crippen LogP contribution >= 0.6 is 11.6 Å². The monoisotopic (exact) mass is 289 g/mol. The van der Waals surface area contributed by atoms with E-state index < -0.39 is 0 Å². The summed E-state index contributed by atoms with van der Waals surface area (Å²) in [7, 11) is 0. The molecular formula is C15H16ClN3O. The molecule has 2 aromatic carbocycles. The molecule has 4 N–H and O–H groups in total. The van der Waals surface area contributed by atoms with Crippen molar-refractivity contribution in [1.29, 1.82) is 0 Å². The minimum atomic E-state index is -0.110. The Bertz CT molecular complexity index is 611. The summed E-state index contributed by atoms with van der Waals surface area (Å²) in [5.74, 6) is 5.22. The van der Waals surface area contributed by atoms with Gasteiger partial charge in [-0.2, -0.15) is 0 Å². The van der Waals surface area contributed by atoms with Crippen LogP contribution in [0.25, 0.3) is 0 Å². The Balaban J connectivity index is 2.03. The van der Waals surface area contributed by atoms with Crippen molar-refractivity contribution in [1.82, 2.24) is 5.32 Å². The van der Waals surface area contributed by atoms with E-state index >= 15 is 0 Å². The highest BCUT2D eigenvalue weighted by molar-refractivity contribution is 6.30. The maximum absolute atomic E-state index is 12.1. The molecule has 1 amide bonds. The summed E-state index contributed by atoms with van der Waals surface area (Å²) < 4.78 is 0. The van der Waals surface area contributed by atoms with Crippen LogP contribution in [0.15, 0.2) is 42.5 Å². The van der Waals surface area contributed by atoms with Crippen LogP contribution in [-0.4, -0.2) is 5.91 Å². The van der Waals surface area contributed by atoms with Crippen LogP contribution in [0, 0.1) is 6.92 Å². The van der Waals surface area contributed by atoms with E-state index in [0.717, 1.165) is 16.8 Å². The summed E-state index contributed by atoms with van der Waals surface area (Å²) in [4.78, 5) is 12.1. The Morgan fingerprint density at radius 2 is 1.90 bits per heavy atom. The molecule has 0 saturated heterocycles. The van der Waals surface area contributed by atoms with Gasteiger partial charge in [0.2, 0.25) is 0 Å². The van der Waals surface area contributed by atoms with E-state index in [-0.39, 0.29) is 5.91 Å². The number of amides is 1. The third-order valence-electron chi connectivity index (χ3n) is 3.00. The van der Waals surface area contributed by atoms with Gasteiger partial charge in [0.15, 0.2) is 0 Å². The molecule has 5 heteroatoms. The number of halogens is 1. The molecule has 0 atom stereocenters. The first kappa shape index (κ1) is 14.4. The first-order valence-corrected chi connectivity index (χ1v) is 6.58. The topological polar surface area (TPSA) is 67.1 Å². The van der Waals surface area contributed by atoms with Crippen molar-refractivity contribution in [2.45, 2.75) is 13.5 Å². The van der Waals surface area contributed by atoms with Gasteiger partial charge in [-0.3, -0.25) is 10.6 Å². The summed E-state index contributed by atoms with van der Waals surface area (Å²) in [5.41, 5.74) is 5.83. The van der Waals surface area contributed by atoms with Gasteiger partial charge < -0.3 is 10.7 Å². The largest absolute Gasteiger partial charge is 0.348 e. The maximum atomic E-state index is 12.1. The van der Waals surface area contributed by atoms with Crippen molar-refractivity contribution in [3.8, 4) is 0 Å². The lowest BCUT2D eigenvalue weighted by atomic mass is 10.1. The number of hydrogen-bond donors (Lipinski definition) is 3. The lowest BCUT2D eigenvalue weighted by Gasteiger charge is -2.09. The molecule has 0 aliphatic carbocycles. The van der Waals surface area contributed by atoms with Crippen LogP contribution in [-0.2, 0) is 6.54 Å². The third-order valence-corrected chi connectivity index (χ3v) is 3.26. The van der Waals surface area contributed by atoms with Crippen molar-refractivity contribution >= 4 is 23.2 Å². The fourth-order valence-corrected chi connectivity index (χ4v) is 2.01. The molecule has 104 valence electrons. The Morgan fingerprint density at radius 1 is 1.20 bits per heavy atom. The number of hydrazine groups is 1. The van der Waals surface area contributed by atoms with E-state index in [0.29, 0.717) is 17.1 Å². The summed E-state index contributed by atoms with van der Waals surface area (Å²) in [5, 5.41) is 3.56. The van der Waals surface area contributed by atoms with E-state index in [4.69, 9.17) is 17.4 Å². The predicted octanol–water partition coefficient (Wildman–Crippen LogP) is 2.86. The van der Waals surface area contributed by atoms with Crippen LogP contribution in [0.5, 0.6) is 0 Å². The zero-order valence-electron chi connectivity index (χ0n) is 11.1. The molecule has 0 unspecified atom stereocenters. The smallest absolute Gasteiger partial charge is 0.251 e. The summed E-state index contributed by atoms with van der Waals surface area (Å²) in [6.45, 7) is 2.34. The molecular weight excluding hydrogens is 274 g/mol. The fourth-order valence-electron chi connectivity index (χ4n) is 1.89. The average molecular weight is 290 g/mol. The molecule has 2 rings (SSSR count). The molecule has 0 radical (unpaired) electrons. The quantitative estimate of drug-likeness (QED) is 0.599. The van der Waals surface area contributed by atoms with Crippen molar-refractivity contribution in [2.24, 2.45) is 5.84 Å². The van der Waals surface area contributed by atoms with E-state index in [9.17, 15) is 4.79 Å². The van der Waals surface area contributed by atoms with E-state index in [1.807, 2.05) is 25.1 Å². The molecule has 0 bridgehead atoms. The van der Waals surface area contributed by atoms with Crippen LogP contribution in [0.3, 0.4) is 0 Å². The van der Waals surface area contributed by atoms with Crippen LogP contribution in [0.1, 0.15) is 21.5 Å². The van der Waals surface area contributed by atoms with E-state index in [1.54, 1.807) is 24.3 Å². The zero-order chi connectivity index (χ0) is 14.5. The van der Waals surface area contributed by atoms with Gasteiger partial charge >= 0.3 is 0 Å². The first-order chi connectivity index (χ1) is 9.60. The van der Waals surface area contributed by atoms with Gasteiger partial charge in [0.1, 0.15) is 0 Å². The standard InChI is InChI=1S/C15H16ClN3O/c1-10-8-13(19-17)6-7-14(10)15(20)18-9-11-2-4-12(16)5-3-11/h2-8,19H,9,17H2,1H3,(H,18,20). The van der Waals surface area contributed by atoms with E-state index in [1.165, 1.54) is 0 Å². The first-order valence-electron chi connectivity index (χ1n) is 6.20. The predicted molar refractivity (Wildman–Crippen MR) is 81.6 cm³/mol. The van der Waals surface area contributed by atoms with Crippen molar-refractivity contribution < 1.29 is 4.79 Å². The van der Waals surface area contributed by atoms with Gasteiger partial charge in [0.25, 0.3) is 5.91 Å². The number of hydrogen-bond acceptors (Lipinski definition) is 3. The second-order valence-electron chi connectivity index (χ2n) is 4.48. The number of benzene rings is 2. The number of carbonyl (C=O) groups is 1. The molecule has 0 spiro atoms. The van der Waals surface area contributed by atoms with Crippen LogP contribution in [0.2, 0.25) is 5.02 Å². The second kappa shape index (κ2) is 6.41. The molecule has 0 fully saturated rings. The van der Waals surface area contributed by atoms with Crippen LogP contribution in [0.4, 0.5) is 5.69 Å². The molecule has 0 aliphatic rings. The maximum Gasteiger partial charge on any atom is 0.251 e.